The molecule has 0 N–H and O–H groups in total. The minimum atomic E-state index is -3.48. The summed E-state index contributed by atoms with van der Waals surface area (Å²) in [6.45, 7) is 5.45. The standard InChI is InChI=1S/C16H20Cl2N4O2S/c1-2-21-12-15(10-19-21)25(23,24)22-7-5-20(6-8-22)11-13-3-4-14(17)9-16(13)18/h3-4,9-10,12H,2,5-8,11H2,1H3. The van der Waals surface area contributed by atoms with Gasteiger partial charge in [-0.05, 0) is 24.6 Å². The highest BCUT2D eigenvalue weighted by Gasteiger charge is 2.29. The van der Waals surface area contributed by atoms with Crippen LogP contribution in [0.3, 0.4) is 0 Å². The van der Waals surface area contributed by atoms with Gasteiger partial charge in [-0.15, -0.1) is 0 Å². The van der Waals surface area contributed by atoms with Crippen LogP contribution in [-0.4, -0.2) is 53.6 Å². The number of piperazine rings is 1. The first kappa shape index (κ1) is 18.7. The molecule has 0 amide bonds. The average Bonchev–Trinajstić information content (AvgIpc) is 3.08. The smallest absolute Gasteiger partial charge is 0.246 e. The molecule has 2 heterocycles. The van der Waals surface area contributed by atoms with Gasteiger partial charge < -0.3 is 0 Å². The predicted molar refractivity (Wildman–Crippen MR) is 98.4 cm³/mol. The molecule has 3 rings (SSSR count). The zero-order valence-corrected chi connectivity index (χ0v) is 16.2. The van der Waals surface area contributed by atoms with Crippen LogP contribution < -0.4 is 0 Å². The van der Waals surface area contributed by atoms with Crippen LogP contribution >= 0.6 is 23.2 Å². The molecule has 2 aromatic rings. The van der Waals surface area contributed by atoms with Gasteiger partial charge in [0.2, 0.25) is 10.0 Å². The van der Waals surface area contributed by atoms with Crippen molar-refractivity contribution in [3.63, 3.8) is 0 Å². The Kier molecular flexibility index (Phi) is 5.70. The Morgan fingerprint density at radius 2 is 1.88 bits per heavy atom. The third-order valence-electron chi connectivity index (χ3n) is 4.31. The van der Waals surface area contributed by atoms with Crippen molar-refractivity contribution in [1.82, 2.24) is 19.0 Å². The molecule has 1 aliphatic heterocycles. The summed E-state index contributed by atoms with van der Waals surface area (Å²) in [7, 11) is -3.48. The molecule has 9 heteroatoms. The maximum atomic E-state index is 12.7. The number of rotatable bonds is 5. The van der Waals surface area contributed by atoms with Crippen molar-refractivity contribution >= 4 is 33.2 Å². The van der Waals surface area contributed by atoms with Gasteiger partial charge in [-0.3, -0.25) is 9.58 Å². The zero-order chi connectivity index (χ0) is 18.0. The fraction of sp³-hybridized carbons (Fsp3) is 0.438. The molecule has 1 fully saturated rings. The summed E-state index contributed by atoms with van der Waals surface area (Å²) in [6.07, 6.45) is 2.99. The molecule has 1 aliphatic rings. The molecule has 1 aromatic heterocycles. The van der Waals surface area contributed by atoms with Crippen molar-refractivity contribution in [3.8, 4) is 0 Å². The number of nitrogens with zero attached hydrogens (tertiary/aromatic N) is 4. The van der Waals surface area contributed by atoms with Crippen molar-refractivity contribution in [3.05, 3.63) is 46.2 Å². The van der Waals surface area contributed by atoms with Crippen LogP contribution in [-0.2, 0) is 23.1 Å². The molecule has 6 nitrogen and oxygen atoms in total. The molecule has 0 spiro atoms. The van der Waals surface area contributed by atoms with Crippen LogP contribution in [0.15, 0.2) is 35.5 Å². The van der Waals surface area contributed by atoms with E-state index in [0.717, 1.165) is 5.56 Å². The Hall–Kier alpha value is -1.12. The maximum absolute atomic E-state index is 12.7. The summed E-state index contributed by atoms with van der Waals surface area (Å²) in [5.74, 6) is 0. The van der Waals surface area contributed by atoms with E-state index in [-0.39, 0.29) is 4.90 Å². The predicted octanol–water partition coefficient (Wildman–Crippen LogP) is 2.72. The van der Waals surface area contributed by atoms with E-state index in [2.05, 4.69) is 10.00 Å². The zero-order valence-electron chi connectivity index (χ0n) is 13.9. The Morgan fingerprint density at radius 3 is 2.48 bits per heavy atom. The van der Waals surface area contributed by atoms with Crippen molar-refractivity contribution in [2.45, 2.75) is 24.9 Å². The molecule has 1 saturated heterocycles. The Morgan fingerprint density at radius 1 is 1.16 bits per heavy atom. The Balaban J connectivity index is 1.63. The lowest BCUT2D eigenvalue weighted by Crippen LogP contribution is -2.48. The molecule has 0 saturated carbocycles. The van der Waals surface area contributed by atoms with Crippen LogP contribution in [0.4, 0.5) is 0 Å². The summed E-state index contributed by atoms with van der Waals surface area (Å²) < 4.78 is 28.5. The largest absolute Gasteiger partial charge is 0.296 e. The van der Waals surface area contributed by atoms with Crippen molar-refractivity contribution in [2.75, 3.05) is 26.2 Å². The fourth-order valence-electron chi connectivity index (χ4n) is 2.82. The van der Waals surface area contributed by atoms with Crippen molar-refractivity contribution < 1.29 is 8.42 Å². The second kappa shape index (κ2) is 7.63. The quantitative estimate of drug-likeness (QED) is 0.771. The van der Waals surface area contributed by atoms with Gasteiger partial charge in [0.25, 0.3) is 0 Å². The number of hydrogen-bond acceptors (Lipinski definition) is 4. The molecule has 0 bridgehead atoms. The number of hydrogen-bond donors (Lipinski definition) is 0. The Labute approximate surface area is 158 Å². The van der Waals surface area contributed by atoms with Gasteiger partial charge in [0.15, 0.2) is 0 Å². The molecule has 0 aliphatic carbocycles. The van der Waals surface area contributed by atoms with Gasteiger partial charge in [-0.25, -0.2) is 8.42 Å². The van der Waals surface area contributed by atoms with Crippen molar-refractivity contribution in [1.29, 1.82) is 0 Å². The highest BCUT2D eigenvalue weighted by Crippen LogP contribution is 2.23. The lowest BCUT2D eigenvalue weighted by molar-refractivity contribution is 0.181. The normalized spacial score (nSPS) is 17.1. The van der Waals surface area contributed by atoms with E-state index in [4.69, 9.17) is 23.2 Å². The third kappa shape index (κ3) is 4.17. The minimum Gasteiger partial charge on any atom is -0.296 e. The number of halogens is 2. The SMILES string of the molecule is CCn1cc(S(=O)(=O)N2CCN(Cc3ccc(Cl)cc3Cl)CC2)cn1. The van der Waals surface area contributed by atoms with E-state index >= 15 is 0 Å². The first-order valence-corrected chi connectivity index (χ1v) is 10.3. The molecular weight excluding hydrogens is 383 g/mol. The highest BCUT2D eigenvalue weighted by atomic mass is 35.5. The summed E-state index contributed by atoms with van der Waals surface area (Å²) >= 11 is 12.1. The fourth-order valence-corrected chi connectivity index (χ4v) is 4.66. The van der Waals surface area contributed by atoms with Crippen LogP contribution in [0.25, 0.3) is 0 Å². The number of benzene rings is 1. The highest BCUT2D eigenvalue weighted by molar-refractivity contribution is 7.89. The van der Waals surface area contributed by atoms with Crippen LogP contribution in [0.2, 0.25) is 10.0 Å². The van der Waals surface area contributed by atoms with Gasteiger partial charge in [-0.1, -0.05) is 29.3 Å². The summed E-state index contributed by atoms with van der Waals surface area (Å²) in [4.78, 5) is 2.44. The van der Waals surface area contributed by atoms with E-state index in [1.807, 2.05) is 19.1 Å². The van der Waals surface area contributed by atoms with E-state index in [1.165, 1.54) is 10.5 Å². The van der Waals surface area contributed by atoms with E-state index < -0.39 is 10.0 Å². The summed E-state index contributed by atoms with van der Waals surface area (Å²) in [6, 6.07) is 5.45. The number of aryl methyl sites for hydroxylation is 1. The van der Waals surface area contributed by atoms with Gasteiger partial charge in [-0.2, -0.15) is 9.40 Å². The molecule has 0 atom stereocenters. The lowest BCUT2D eigenvalue weighted by atomic mass is 10.2. The minimum absolute atomic E-state index is 0.253. The van der Waals surface area contributed by atoms with E-state index in [1.54, 1.807) is 16.9 Å². The molecular formula is C16H20Cl2N4O2S. The topological polar surface area (TPSA) is 58.4 Å². The summed E-state index contributed by atoms with van der Waals surface area (Å²) in [5.41, 5.74) is 0.992. The van der Waals surface area contributed by atoms with Crippen LogP contribution in [0, 0.1) is 0 Å². The molecule has 136 valence electrons. The second-order valence-corrected chi connectivity index (χ2v) is 8.73. The monoisotopic (exact) mass is 402 g/mol. The number of aromatic nitrogens is 2. The van der Waals surface area contributed by atoms with Crippen LogP contribution in [0.5, 0.6) is 0 Å². The van der Waals surface area contributed by atoms with Crippen LogP contribution in [0.1, 0.15) is 12.5 Å². The van der Waals surface area contributed by atoms with Gasteiger partial charge in [0.1, 0.15) is 4.90 Å². The lowest BCUT2D eigenvalue weighted by Gasteiger charge is -2.33. The average molecular weight is 403 g/mol. The van der Waals surface area contributed by atoms with Crippen molar-refractivity contribution in [2.24, 2.45) is 0 Å². The van der Waals surface area contributed by atoms with Gasteiger partial charge >= 0.3 is 0 Å². The maximum Gasteiger partial charge on any atom is 0.246 e. The second-order valence-electron chi connectivity index (χ2n) is 5.95. The van der Waals surface area contributed by atoms with Gasteiger partial charge in [0, 0.05) is 55.5 Å². The Bertz CT molecular complexity index is 846. The molecule has 25 heavy (non-hydrogen) atoms. The molecule has 0 unspecified atom stereocenters. The van der Waals surface area contributed by atoms with E-state index in [0.29, 0.717) is 49.3 Å². The first-order valence-electron chi connectivity index (χ1n) is 8.09. The molecule has 1 aromatic carbocycles. The third-order valence-corrected chi connectivity index (χ3v) is 6.75. The number of sulfonamides is 1. The first-order chi connectivity index (χ1) is 11.9. The van der Waals surface area contributed by atoms with Gasteiger partial charge in [0.05, 0.1) is 6.20 Å². The molecule has 0 radical (unpaired) electrons. The van der Waals surface area contributed by atoms with E-state index in [9.17, 15) is 8.42 Å². The summed E-state index contributed by atoms with van der Waals surface area (Å²) in [5, 5.41) is 5.30.